The highest BCUT2D eigenvalue weighted by Gasteiger charge is 2.10. The number of nitrogens with zero attached hydrogens (tertiary/aromatic N) is 1. The zero-order valence-corrected chi connectivity index (χ0v) is 11.1. The molecule has 1 heterocycles. The second-order valence-electron chi connectivity index (χ2n) is 3.88. The van der Waals surface area contributed by atoms with E-state index in [1.165, 1.54) is 18.2 Å². The Morgan fingerprint density at radius 3 is 2.74 bits per heavy atom. The van der Waals surface area contributed by atoms with Crippen molar-refractivity contribution in [1.82, 2.24) is 4.98 Å². The molecule has 0 fully saturated rings. The summed E-state index contributed by atoms with van der Waals surface area (Å²) >= 11 is 1.13. The number of hydrogen-bond acceptors (Lipinski definition) is 3. The third kappa shape index (κ3) is 3.32. The smallest absolute Gasteiger partial charge is 0.335 e. The minimum Gasteiger partial charge on any atom is -0.478 e. The van der Waals surface area contributed by atoms with E-state index < -0.39 is 5.97 Å². The van der Waals surface area contributed by atoms with Crippen molar-refractivity contribution in [3.8, 4) is 0 Å². The number of carboxylic acids is 1. The minimum atomic E-state index is -1.01. The van der Waals surface area contributed by atoms with Crippen LogP contribution in [0.1, 0.15) is 23.0 Å². The van der Waals surface area contributed by atoms with Crippen molar-refractivity contribution in [2.75, 3.05) is 0 Å². The van der Waals surface area contributed by atoms with E-state index in [4.69, 9.17) is 5.11 Å². The number of hydrogen-bond donors (Lipinski definition) is 1. The van der Waals surface area contributed by atoms with Gasteiger partial charge in [-0.15, -0.1) is 0 Å². The summed E-state index contributed by atoms with van der Waals surface area (Å²) in [4.78, 5) is 15.8. The summed E-state index contributed by atoms with van der Waals surface area (Å²) in [6.45, 7) is 1.89. The fourth-order valence-electron chi connectivity index (χ4n) is 1.56. The Balaban J connectivity index is 2.37. The SMILES string of the molecule is CCc1cc(C(=O)O)cc(Sc2ccccc2F)n1. The first-order valence-electron chi connectivity index (χ1n) is 5.76. The molecule has 0 amide bonds. The van der Waals surface area contributed by atoms with Crippen LogP contribution >= 0.6 is 11.8 Å². The van der Waals surface area contributed by atoms with E-state index in [2.05, 4.69) is 4.98 Å². The second kappa shape index (κ2) is 5.84. The number of carbonyl (C=O) groups is 1. The van der Waals surface area contributed by atoms with Gasteiger partial charge in [-0.05, 0) is 30.7 Å². The van der Waals surface area contributed by atoms with Crippen LogP contribution in [0.15, 0.2) is 46.3 Å². The van der Waals surface area contributed by atoms with Crippen molar-refractivity contribution in [3.63, 3.8) is 0 Å². The molecular formula is C14H12FNO2S. The fourth-order valence-corrected chi connectivity index (χ4v) is 2.44. The molecule has 0 atom stereocenters. The Morgan fingerprint density at radius 1 is 1.37 bits per heavy atom. The van der Waals surface area contributed by atoms with Crippen LogP contribution in [0.3, 0.4) is 0 Å². The van der Waals surface area contributed by atoms with Crippen molar-refractivity contribution in [3.05, 3.63) is 53.5 Å². The minimum absolute atomic E-state index is 0.172. The van der Waals surface area contributed by atoms with E-state index in [0.29, 0.717) is 22.0 Å². The predicted molar refractivity (Wildman–Crippen MR) is 71.1 cm³/mol. The number of rotatable bonds is 4. The number of benzene rings is 1. The van der Waals surface area contributed by atoms with E-state index in [0.717, 1.165) is 11.8 Å². The van der Waals surface area contributed by atoms with Crippen LogP contribution in [0, 0.1) is 5.82 Å². The van der Waals surface area contributed by atoms with Gasteiger partial charge in [0.1, 0.15) is 10.8 Å². The van der Waals surface area contributed by atoms with Gasteiger partial charge < -0.3 is 5.11 Å². The normalized spacial score (nSPS) is 10.4. The standard InChI is InChI=1S/C14H12FNO2S/c1-2-10-7-9(14(17)18)8-13(16-10)19-12-6-4-3-5-11(12)15/h3-8H,2H2,1H3,(H,17,18). The highest BCUT2D eigenvalue weighted by atomic mass is 32.2. The van der Waals surface area contributed by atoms with Gasteiger partial charge >= 0.3 is 5.97 Å². The maximum absolute atomic E-state index is 13.6. The van der Waals surface area contributed by atoms with Crippen LogP contribution in [0.25, 0.3) is 0 Å². The van der Waals surface area contributed by atoms with Crippen LogP contribution in [-0.2, 0) is 6.42 Å². The first-order valence-corrected chi connectivity index (χ1v) is 6.58. The molecule has 5 heteroatoms. The van der Waals surface area contributed by atoms with Gasteiger partial charge in [-0.25, -0.2) is 14.2 Å². The number of carboxylic acid groups (broad SMARTS) is 1. The number of aromatic carboxylic acids is 1. The van der Waals surface area contributed by atoms with Gasteiger partial charge in [0.15, 0.2) is 0 Å². The number of pyridine rings is 1. The molecule has 0 saturated carbocycles. The van der Waals surface area contributed by atoms with Crippen molar-refractivity contribution >= 4 is 17.7 Å². The van der Waals surface area contributed by atoms with Crippen molar-refractivity contribution < 1.29 is 14.3 Å². The Kier molecular flexibility index (Phi) is 4.16. The molecule has 0 unspecified atom stereocenters. The lowest BCUT2D eigenvalue weighted by Crippen LogP contribution is -2.00. The molecule has 0 spiro atoms. The fraction of sp³-hybridized carbons (Fsp3) is 0.143. The Labute approximate surface area is 114 Å². The average Bonchev–Trinajstić information content (AvgIpc) is 2.41. The molecule has 1 N–H and O–H groups in total. The lowest BCUT2D eigenvalue weighted by atomic mass is 10.2. The summed E-state index contributed by atoms with van der Waals surface area (Å²) in [7, 11) is 0. The Hall–Kier alpha value is -1.88. The van der Waals surface area contributed by atoms with Crippen LogP contribution < -0.4 is 0 Å². The maximum Gasteiger partial charge on any atom is 0.335 e. The molecule has 19 heavy (non-hydrogen) atoms. The molecule has 0 aliphatic rings. The zero-order chi connectivity index (χ0) is 13.8. The molecule has 1 aromatic heterocycles. The third-order valence-electron chi connectivity index (χ3n) is 2.52. The molecule has 0 saturated heterocycles. The van der Waals surface area contributed by atoms with Gasteiger partial charge in [0.2, 0.25) is 0 Å². The molecule has 3 nitrogen and oxygen atoms in total. The second-order valence-corrected chi connectivity index (χ2v) is 4.94. The van der Waals surface area contributed by atoms with Gasteiger partial charge in [0.25, 0.3) is 0 Å². The van der Waals surface area contributed by atoms with E-state index >= 15 is 0 Å². The van der Waals surface area contributed by atoms with E-state index in [-0.39, 0.29) is 11.4 Å². The molecule has 2 rings (SSSR count). The van der Waals surface area contributed by atoms with Gasteiger partial charge in [-0.2, -0.15) is 0 Å². The van der Waals surface area contributed by atoms with E-state index in [9.17, 15) is 9.18 Å². The molecule has 98 valence electrons. The Bertz CT molecular complexity index is 616. The van der Waals surface area contributed by atoms with Crippen LogP contribution in [-0.4, -0.2) is 16.1 Å². The first kappa shape index (κ1) is 13.5. The zero-order valence-electron chi connectivity index (χ0n) is 10.3. The van der Waals surface area contributed by atoms with Crippen molar-refractivity contribution in [2.45, 2.75) is 23.3 Å². The maximum atomic E-state index is 13.6. The van der Waals surface area contributed by atoms with Gasteiger partial charge in [-0.1, -0.05) is 30.8 Å². The number of halogens is 1. The van der Waals surface area contributed by atoms with Crippen molar-refractivity contribution in [1.29, 1.82) is 0 Å². The lowest BCUT2D eigenvalue weighted by molar-refractivity contribution is 0.0696. The number of aromatic nitrogens is 1. The molecule has 1 aromatic carbocycles. The summed E-state index contributed by atoms with van der Waals surface area (Å²) in [6, 6.07) is 9.34. The Morgan fingerprint density at radius 2 is 2.11 bits per heavy atom. The monoisotopic (exact) mass is 277 g/mol. The van der Waals surface area contributed by atoms with Gasteiger partial charge in [0.05, 0.1) is 5.56 Å². The first-order chi connectivity index (χ1) is 9.10. The molecule has 0 bridgehead atoms. The number of aryl methyl sites for hydroxylation is 1. The topological polar surface area (TPSA) is 50.2 Å². The molecule has 0 radical (unpaired) electrons. The molecule has 0 aliphatic heterocycles. The molecule has 2 aromatic rings. The largest absolute Gasteiger partial charge is 0.478 e. The summed E-state index contributed by atoms with van der Waals surface area (Å²) in [5, 5.41) is 9.53. The summed E-state index contributed by atoms with van der Waals surface area (Å²) < 4.78 is 13.6. The summed E-state index contributed by atoms with van der Waals surface area (Å²) in [5.41, 5.74) is 0.851. The third-order valence-corrected chi connectivity index (χ3v) is 3.48. The quantitative estimate of drug-likeness (QED) is 0.927. The predicted octanol–water partition coefficient (Wildman–Crippen LogP) is 3.63. The van der Waals surface area contributed by atoms with Crippen LogP contribution in [0.5, 0.6) is 0 Å². The van der Waals surface area contributed by atoms with E-state index in [1.54, 1.807) is 18.2 Å². The molecular weight excluding hydrogens is 265 g/mol. The van der Waals surface area contributed by atoms with Crippen molar-refractivity contribution in [2.24, 2.45) is 0 Å². The molecule has 0 aliphatic carbocycles. The average molecular weight is 277 g/mol. The van der Waals surface area contributed by atoms with Gasteiger partial charge in [-0.3, -0.25) is 0 Å². The summed E-state index contributed by atoms with van der Waals surface area (Å²) in [6.07, 6.45) is 0.631. The van der Waals surface area contributed by atoms with Crippen LogP contribution in [0.2, 0.25) is 0 Å². The van der Waals surface area contributed by atoms with E-state index in [1.807, 2.05) is 6.92 Å². The summed E-state index contributed by atoms with van der Waals surface area (Å²) in [5.74, 6) is -1.35. The highest BCUT2D eigenvalue weighted by molar-refractivity contribution is 7.99. The highest BCUT2D eigenvalue weighted by Crippen LogP contribution is 2.29. The van der Waals surface area contributed by atoms with Crippen LogP contribution in [0.4, 0.5) is 4.39 Å². The van der Waals surface area contributed by atoms with Gasteiger partial charge in [0, 0.05) is 10.6 Å². The lowest BCUT2D eigenvalue weighted by Gasteiger charge is -2.06.